The Bertz CT molecular complexity index is 572. The molecule has 2 aromatic rings. The average Bonchev–Trinajstić information content (AvgIpc) is 2.42. The summed E-state index contributed by atoms with van der Waals surface area (Å²) in [4.78, 5) is 15.9. The highest BCUT2D eigenvalue weighted by Gasteiger charge is 2.07. The van der Waals surface area contributed by atoms with Crippen LogP contribution in [0.25, 0.3) is 0 Å². The number of Topliss-reactive ketones (excluding diaryl/α,β-unsaturated/α-hetero) is 1. The van der Waals surface area contributed by atoms with Gasteiger partial charge in [0.1, 0.15) is 11.6 Å². The number of benzene rings is 1. The van der Waals surface area contributed by atoms with E-state index in [1.165, 1.54) is 6.07 Å². The molecule has 0 N–H and O–H groups in total. The lowest BCUT2D eigenvalue weighted by Gasteiger charge is -2.03. The van der Waals surface area contributed by atoms with Crippen LogP contribution in [-0.4, -0.2) is 10.8 Å². The van der Waals surface area contributed by atoms with E-state index in [2.05, 4.69) is 20.9 Å². The molecule has 0 saturated heterocycles. The molecule has 2 rings (SSSR count). The topological polar surface area (TPSA) is 30.0 Å². The Hall–Kier alpha value is -1.55. The van der Waals surface area contributed by atoms with E-state index in [-0.39, 0.29) is 11.6 Å². The van der Waals surface area contributed by atoms with Crippen LogP contribution in [0.15, 0.2) is 47.2 Å². The Balaban J connectivity index is 1.89. The van der Waals surface area contributed by atoms with Gasteiger partial charge in [0, 0.05) is 25.2 Å². The number of ketones is 1. The quantitative estimate of drug-likeness (QED) is 0.840. The van der Waals surface area contributed by atoms with Gasteiger partial charge in [0.2, 0.25) is 0 Å². The van der Waals surface area contributed by atoms with Gasteiger partial charge in [-0.1, -0.05) is 12.1 Å². The lowest BCUT2D eigenvalue weighted by molar-refractivity contribution is -0.118. The van der Waals surface area contributed by atoms with E-state index in [1.807, 2.05) is 12.1 Å². The Kier molecular flexibility index (Phi) is 4.80. The molecule has 0 spiro atoms. The van der Waals surface area contributed by atoms with Crippen LogP contribution in [0.1, 0.15) is 17.5 Å². The van der Waals surface area contributed by atoms with Crippen molar-refractivity contribution in [3.8, 4) is 0 Å². The van der Waals surface area contributed by atoms with Crippen molar-refractivity contribution in [2.24, 2.45) is 0 Å². The third kappa shape index (κ3) is 4.24. The van der Waals surface area contributed by atoms with Crippen molar-refractivity contribution < 1.29 is 9.18 Å². The minimum atomic E-state index is -0.313. The zero-order chi connectivity index (χ0) is 13.7. The molecule has 0 aliphatic heterocycles. The summed E-state index contributed by atoms with van der Waals surface area (Å²) in [5.41, 5.74) is 1.88. The summed E-state index contributed by atoms with van der Waals surface area (Å²) in [6.07, 6.45) is 4.97. The largest absolute Gasteiger partial charge is 0.299 e. The maximum Gasteiger partial charge on any atom is 0.137 e. The van der Waals surface area contributed by atoms with Crippen molar-refractivity contribution in [3.63, 3.8) is 0 Å². The fourth-order valence-electron chi connectivity index (χ4n) is 1.80. The molecule has 2 nitrogen and oxygen atoms in total. The summed E-state index contributed by atoms with van der Waals surface area (Å²) in [5, 5.41) is 0. The van der Waals surface area contributed by atoms with Gasteiger partial charge in [0.25, 0.3) is 0 Å². The van der Waals surface area contributed by atoms with Crippen LogP contribution in [0.4, 0.5) is 4.39 Å². The highest BCUT2D eigenvalue weighted by atomic mass is 79.9. The predicted molar refractivity (Wildman–Crippen MR) is 75.4 cm³/mol. The van der Waals surface area contributed by atoms with Gasteiger partial charge in [-0.3, -0.25) is 9.78 Å². The molecular weight excluding hydrogens is 309 g/mol. The van der Waals surface area contributed by atoms with Crippen LogP contribution >= 0.6 is 15.9 Å². The number of carbonyl (C=O) groups excluding carboxylic acids is 1. The molecule has 0 atom stereocenters. The van der Waals surface area contributed by atoms with Crippen LogP contribution in [-0.2, 0) is 17.6 Å². The summed E-state index contributed by atoms with van der Waals surface area (Å²) in [5.74, 6) is -0.172. The molecule has 0 amide bonds. The third-order valence-electron chi connectivity index (χ3n) is 2.80. The second-order valence-corrected chi connectivity index (χ2v) is 5.18. The van der Waals surface area contributed by atoms with Crippen LogP contribution in [0, 0.1) is 5.82 Å². The molecule has 4 heteroatoms. The molecule has 1 heterocycles. The Morgan fingerprint density at radius 1 is 1.26 bits per heavy atom. The lowest BCUT2D eigenvalue weighted by atomic mass is 10.0. The molecule has 98 valence electrons. The first kappa shape index (κ1) is 13.9. The van der Waals surface area contributed by atoms with Crippen LogP contribution < -0.4 is 0 Å². The summed E-state index contributed by atoms with van der Waals surface area (Å²) >= 11 is 3.12. The first-order chi connectivity index (χ1) is 9.15. The van der Waals surface area contributed by atoms with E-state index in [4.69, 9.17) is 0 Å². The molecule has 0 aliphatic carbocycles. The average molecular weight is 322 g/mol. The normalized spacial score (nSPS) is 10.4. The van der Waals surface area contributed by atoms with E-state index in [1.54, 1.807) is 24.5 Å². The van der Waals surface area contributed by atoms with Gasteiger partial charge in [-0.25, -0.2) is 4.39 Å². The van der Waals surface area contributed by atoms with E-state index < -0.39 is 0 Å². The monoisotopic (exact) mass is 321 g/mol. The maximum atomic E-state index is 13.1. The summed E-state index contributed by atoms with van der Waals surface area (Å²) in [6.45, 7) is 0. The van der Waals surface area contributed by atoms with Crippen LogP contribution in [0.3, 0.4) is 0 Å². The molecule has 0 unspecified atom stereocenters. The molecule has 1 aromatic carbocycles. The number of pyridine rings is 1. The smallest absolute Gasteiger partial charge is 0.137 e. The number of nitrogens with zero attached hydrogens (tertiary/aromatic N) is 1. The van der Waals surface area contributed by atoms with Gasteiger partial charge in [-0.15, -0.1) is 0 Å². The summed E-state index contributed by atoms with van der Waals surface area (Å²) < 4.78 is 13.5. The minimum Gasteiger partial charge on any atom is -0.299 e. The summed E-state index contributed by atoms with van der Waals surface area (Å²) in [7, 11) is 0. The molecule has 0 saturated carbocycles. The minimum absolute atomic E-state index is 0.141. The van der Waals surface area contributed by atoms with Crippen molar-refractivity contribution in [3.05, 3.63) is 64.1 Å². The van der Waals surface area contributed by atoms with E-state index in [0.717, 1.165) is 11.1 Å². The molecule has 1 aromatic heterocycles. The van der Waals surface area contributed by atoms with Crippen molar-refractivity contribution >= 4 is 21.7 Å². The molecule has 0 bridgehead atoms. The Morgan fingerprint density at radius 2 is 2.11 bits per heavy atom. The number of carbonyl (C=O) groups is 1. The number of hydrogen-bond acceptors (Lipinski definition) is 2. The number of halogens is 2. The van der Waals surface area contributed by atoms with E-state index in [9.17, 15) is 9.18 Å². The SMILES string of the molecule is O=C(CCc1cccnc1)Cc1ccc(F)c(Br)c1. The van der Waals surface area contributed by atoms with E-state index >= 15 is 0 Å². The number of rotatable bonds is 5. The van der Waals surface area contributed by atoms with Crippen LogP contribution in [0.5, 0.6) is 0 Å². The number of hydrogen-bond donors (Lipinski definition) is 0. The summed E-state index contributed by atoms with van der Waals surface area (Å²) in [6, 6.07) is 8.47. The second-order valence-electron chi connectivity index (χ2n) is 4.33. The van der Waals surface area contributed by atoms with Crippen molar-refractivity contribution in [1.82, 2.24) is 4.98 Å². The van der Waals surface area contributed by atoms with Gasteiger partial charge in [0.15, 0.2) is 0 Å². The maximum absolute atomic E-state index is 13.1. The Morgan fingerprint density at radius 3 is 2.79 bits per heavy atom. The standard InChI is InChI=1S/C15H13BrFNO/c16-14-9-12(4-6-15(14)17)8-13(19)5-3-11-2-1-7-18-10-11/h1-2,4,6-7,9-10H,3,5,8H2. The second kappa shape index (κ2) is 6.57. The Labute approximate surface area is 119 Å². The van der Waals surface area contributed by atoms with Gasteiger partial charge in [-0.05, 0) is 51.7 Å². The highest BCUT2D eigenvalue weighted by Crippen LogP contribution is 2.17. The lowest BCUT2D eigenvalue weighted by Crippen LogP contribution is -2.04. The van der Waals surface area contributed by atoms with Gasteiger partial charge in [-0.2, -0.15) is 0 Å². The van der Waals surface area contributed by atoms with Crippen molar-refractivity contribution in [2.45, 2.75) is 19.3 Å². The first-order valence-electron chi connectivity index (χ1n) is 5.99. The van der Waals surface area contributed by atoms with Gasteiger partial charge < -0.3 is 0 Å². The number of aryl methyl sites for hydroxylation is 1. The molecule has 0 radical (unpaired) electrons. The van der Waals surface area contributed by atoms with Gasteiger partial charge >= 0.3 is 0 Å². The third-order valence-corrected chi connectivity index (χ3v) is 3.41. The molecule has 0 aliphatic rings. The van der Waals surface area contributed by atoms with Gasteiger partial charge in [0.05, 0.1) is 4.47 Å². The van der Waals surface area contributed by atoms with Crippen molar-refractivity contribution in [1.29, 1.82) is 0 Å². The zero-order valence-electron chi connectivity index (χ0n) is 10.3. The highest BCUT2D eigenvalue weighted by molar-refractivity contribution is 9.10. The fraction of sp³-hybridized carbons (Fsp3) is 0.200. The van der Waals surface area contributed by atoms with E-state index in [0.29, 0.717) is 23.7 Å². The van der Waals surface area contributed by atoms with Crippen LogP contribution in [0.2, 0.25) is 0 Å². The zero-order valence-corrected chi connectivity index (χ0v) is 11.9. The predicted octanol–water partition coefficient (Wildman–Crippen LogP) is 3.73. The molecular formula is C15H13BrFNO. The first-order valence-corrected chi connectivity index (χ1v) is 6.79. The van der Waals surface area contributed by atoms with Crippen molar-refractivity contribution in [2.75, 3.05) is 0 Å². The fourth-order valence-corrected chi connectivity index (χ4v) is 2.22. The molecule has 0 fully saturated rings. The number of aromatic nitrogens is 1. The molecule has 19 heavy (non-hydrogen) atoms.